The molecule has 0 bridgehead atoms. The van der Waals surface area contributed by atoms with Crippen molar-refractivity contribution in [2.45, 2.75) is 24.7 Å². The molecule has 0 spiro atoms. The standard InChI is InChI=1S/C27H24N4O5S2/c1-2-3-16-35-20-9-4-18(5-10-20)6-15-25-29-27-31(30-25)26(32)24(37-27)17-21-11-14-23(36-21)19-7-12-22(13-8-19)38(28,33)34/h4-15,17H,2-3,16H2,1H3,(H2,28,33,34)/b15-6+,24-17-. The van der Waals surface area contributed by atoms with Crippen LogP contribution in [0.15, 0.2) is 74.8 Å². The van der Waals surface area contributed by atoms with E-state index in [9.17, 15) is 13.2 Å². The molecular formula is C27H24N4O5S2. The number of primary sulfonamides is 1. The van der Waals surface area contributed by atoms with Crippen LogP contribution in [0.4, 0.5) is 0 Å². The highest BCUT2D eigenvalue weighted by atomic mass is 32.2. The lowest BCUT2D eigenvalue weighted by atomic mass is 10.2. The van der Waals surface area contributed by atoms with Gasteiger partial charge in [0, 0.05) is 11.6 Å². The predicted octanol–water partition coefficient (Wildman–Crippen LogP) is 3.96. The van der Waals surface area contributed by atoms with Crippen LogP contribution in [0, 0.1) is 0 Å². The largest absolute Gasteiger partial charge is 0.494 e. The van der Waals surface area contributed by atoms with Crippen molar-refractivity contribution in [2.24, 2.45) is 5.14 Å². The maximum Gasteiger partial charge on any atom is 0.291 e. The van der Waals surface area contributed by atoms with E-state index in [-0.39, 0.29) is 10.5 Å². The number of furan rings is 1. The predicted molar refractivity (Wildman–Crippen MR) is 147 cm³/mol. The third-order valence-corrected chi connectivity index (χ3v) is 7.53. The number of sulfonamides is 1. The maximum absolute atomic E-state index is 12.9. The second-order valence-electron chi connectivity index (χ2n) is 8.46. The fourth-order valence-electron chi connectivity index (χ4n) is 3.62. The molecule has 0 saturated heterocycles. The molecule has 3 aromatic heterocycles. The summed E-state index contributed by atoms with van der Waals surface area (Å²) >= 11 is 1.21. The number of nitrogens with two attached hydrogens (primary N) is 1. The quantitative estimate of drug-likeness (QED) is 0.276. The van der Waals surface area contributed by atoms with Gasteiger partial charge in [-0.1, -0.05) is 42.9 Å². The lowest BCUT2D eigenvalue weighted by Crippen LogP contribution is -2.23. The van der Waals surface area contributed by atoms with Crippen molar-refractivity contribution in [1.82, 2.24) is 14.6 Å². The van der Waals surface area contributed by atoms with Crippen LogP contribution in [0.5, 0.6) is 5.75 Å². The molecule has 0 aliphatic rings. The number of hydrogen-bond acceptors (Lipinski definition) is 8. The number of aromatic nitrogens is 3. The third kappa shape index (κ3) is 5.75. The van der Waals surface area contributed by atoms with Crippen molar-refractivity contribution in [2.75, 3.05) is 6.61 Å². The van der Waals surface area contributed by atoms with Crippen LogP contribution >= 0.6 is 11.3 Å². The van der Waals surface area contributed by atoms with Crippen molar-refractivity contribution in [3.05, 3.63) is 92.7 Å². The zero-order chi connectivity index (χ0) is 26.7. The van der Waals surface area contributed by atoms with Gasteiger partial charge in [-0.15, -0.1) is 5.10 Å². The Bertz CT molecular complexity index is 1820. The van der Waals surface area contributed by atoms with Crippen LogP contribution in [-0.4, -0.2) is 29.6 Å². The number of fused-ring (bicyclic) bond motifs is 1. The van der Waals surface area contributed by atoms with Gasteiger partial charge in [-0.05, 0) is 66.6 Å². The van der Waals surface area contributed by atoms with Gasteiger partial charge in [-0.2, -0.15) is 9.50 Å². The monoisotopic (exact) mass is 548 g/mol. The zero-order valence-corrected chi connectivity index (χ0v) is 22.0. The number of nitrogens with zero attached hydrogens (tertiary/aromatic N) is 3. The Morgan fingerprint density at radius 3 is 2.50 bits per heavy atom. The molecule has 0 unspecified atom stereocenters. The summed E-state index contributed by atoms with van der Waals surface area (Å²) in [6, 6.07) is 17.3. The lowest BCUT2D eigenvalue weighted by Gasteiger charge is -2.04. The summed E-state index contributed by atoms with van der Waals surface area (Å²) in [4.78, 5) is 17.8. The van der Waals surface area contributed by atoms with Crippen LogP contribution in [0.1, 0.15) is 36.9 Å². The van der Waals surface area contributed by atoms with E-state index in [4.69, 9.17) is 14.3 Å². The van der Waals surface area contributed by atoms with Gasteiger partial charge in [0.05, 0.1) is 11.5 Å². The summed E-state index contributed by atoms with van der Waals surface area (Å²) in [6.45, 7) is 2.83. The summed E-state index contributed by atoms with van der Waals surface area (Å²) in [5.41, 5.74) is 1.36. The van der Waals surface area contributed by atoms with Crippen molar-refractivity contribution >= 4 is 44.5 Å². The van der Waals surface area contributed by atoms with Crippen LogP contribution in [-0.2, 0) is 10.0 Å². The van der Waals surface area contributed by atoms with Gasteiger partial charge < -0.3 is 9.15 Å². The van der Waals surface area contributed by atoms with Crippen LogP contribution < -0.4 is 20.0 Å². The Balaban J connectivity index is 1.31. The van der Waals surface area contributed by atoms with E-state index in [0.717, 1.165) is 24.2 Å². The Morgan fingerprint density at radius 1 is 1.05 bits per heavy atom. The summed E-state index contributed by atoms with van der Waals surface area (Å²) in [5, 5.41) is 9.46. The van der Waals surface area contributed by atoms with E-state index in [1.807, 2.05) is 30.3 Å². The van der Waals surface area contributed by atoms with Gasteiger partial charge >= 0.3 is 0 Å². The van der Waals surface area contributed by atoms with Gasteiger partial charge in [0.1, 0.15) is 21.8 Å². The molecule has 0 radical (unpaired) electrons. The first-order valence-electron chi connectivity index (χ1n) is 11.9. The number of benzene rings is 2. The molecule has 0 aliphatic carbocycles. The second kappa shape index (κ2) is 10.7. The number of ether oxygens (including phenoxy) is 1. The first-order valence-corrected chi connectivity index (χ1v) is 14.2. The molecule has 0 saturated carbocycles. The fourth-order valence-corrected chi connectivity index (χ4v) is 5.03. The van der Waals surface area contributed by atoms with E-state index >= 15 is 0 Å². The molecular weight excluding hydrogens is 524 g/mol. The summed E-state index contributed by atoms with van der Waals surface area (Å²) in [7, 11) is -3.77. The average molecular weight is 549 g/mol. The van der Waals surface area contributed by atoms with Gasteiger partial charge in [-0.3, -0.25) is 4.79 Å². The number of unbranched alkanes of at least 4 members (excludes halogenated alkanes) is 1. The zero-order valence-electron chi connectivity index (χ0n) is 20.4. The van der Waals surface area contributed by atoms with Crippen LogP contribution in [0.25, 0.3) is 34.5 Å². The molecule has 0 atom stereocenters. The van der Waals surface area contributed by atoms with E-state index in [1.165, 1.54) is 28.0 Å². The average Bonchev–Trinajstić information content (AvgIpc) is 3.60. The lowest BCUT2D eigenvalue weighted by molar-refractivity contribution is 0.309. The summed E-state index contributed by atoms with van der Waals surface area (Å²) in [6.07, 6.45) is 7.38. The van der Waals surface area contributed by atoms with Crippen molar-refractivity contribution in [3.8, 4) is 17.1 Å². The summed E-state index contributed by atoms with van der Waals surface area (Å²) in [5.74, 6) is 2.27. The van der Waals surface area contributed by atoms with Gasteiger partial charge in [0.2, 0.25) is 15.0 Å². The maximum atomic E-state index is 12.9. The molecule has 3 heterocycles. The molecule has 38 heavy (non-hydrogen) atoms. The Kier molecular flexibility index (Phi) is 7.23. The molecule has 0 fully saturated rings. The highest BCUT2D eigenvalue weighted by molar-refractivity contribution is 7.89. The molecule has 2 aromatic carbocycles. The fraction of sp³-hybridized carbons (Fsp3) is 0.148. The minimum Gasteiger partial charge on any atom is -0.494 e. The van der Waals surface area contributed by atoms with Crippen molar-refractivity contribution in [3.63, 3.8) is 0 Å². The molecule has 5 aromatic rings. The molecule has 0 amide bonds. The van der Waals surface area contributed by atoms with Crippen LogP contribution in [0.3, 0.4) is 0 Å². The van der Waals surface area contributed by atoms with E-state index in [0.29, 0.717) is 39.0 Å². The number of thiazole rings is 1. The molecule has 11 heteroatoms. The molecule has 9 nitrogen and oxygen atoms in total. The Labute approximate surface area is 222 Å². The molecule has 2 N–H and O–H groups in total. The molecule has 194 valence electrons. The number of rotatable bonds is 9. The topological polar surface area (TPSA) is 130 Å². The normalized spacial score (nSPS) is 12.6. The van der Waals surface area contributed by atoms with Crippen molar-refractivity contribution < 1.29 is 17.6 Å². The minimum atomic E-state index is -3.77. The Hall–Kier alpha value is -4.06. The highest BCUT2D eigenvalue weighted by Gasteiger charge is 2.11. The van der Waals surface area contributed by atoms with Gasteiger partial charge in [0.25, 0.3) is 5.56 Å². The van der Waals surface area contributed by atoms with Crippen molar-refractivity contribution in [1.29, 1.82) is 0 Å². The van der Waals surface area contributed by atoms with E-state index in [1.54, 1.807) is 36.4 Å². The minimum absolute atomic E-state index is 0.0181. The molecule has 5 rings (SSSR count). The number of hydrogen-bond donors (Lipinski definition) is 1. The summed E-state index contributed by atoms with van der Waals surface area (Å²) < 4.78 is 36.1. The second-order valence-corrected chi connectivity index (χ2v) is 11.0. The molecule has 0 aliphatic heterocycles. The van der Waals surface area contributed by atoms with Gasteiger partial charge in [-0.25, -0.2) is 13.6 Å². The first kappa shape index (κ1) is 25.6. The SMILES string of the molecule is CCCCOc1ccc(/C=C/c2nc3s/c(=C\c4ccc(-c5ccc(S(N)(=O)=O)cc5)o4)c(=O)n3n2)cc1. The first-order chi connectivity index (χ1) is 18.3. The third-order valence-electron chi connectivity index (χ3n) is 5.64. The van der Waals surface area contributed by atoms with E-state index in [2.05, 4.69) is 17.0 Å². The Morgan fingerprint density at radius 2 is 1.82 bits per heavy atom. The van der Waals surface area contributed by atoms with Gasteiger partial charge in [0.15, 0.2) is 5.82 Å². The van der Waals surface area contributed by atoms with Crippen LogP contribution in [0.2, 0.25) is 0 Å². The smallest absolute Gasteiger partial charge is 0.291 e. The van der Waals surface area contributed by atoms with E-state index < -0.39 is 10.0 Å². The highest BCUT2D eigenvalue weighted by Crippen LogP contribution is 2.24.